The van der Waals surface area contributed by atoms with Crippen LogP contribution >= 0.6 is 23.2 Å². The van der Waals surface area contributed by atoms with Crippen molar-refractivity contribution in [3.63, 3.8) is 0 Å². The Morgan fingerprint density at radius 3 is 2.61 bits per heavy atom. The van der Waals surface area contributed by atoms with Gasteiger partial charge in [0.15, 0.2) is 6.04 Å². The molecule has 0 aliphatic carbocycles. The van der Waals surface area contributed by atoms with Crippen molar-refractivity contribution in [2.24, 2.45) is 5.73 Å². The Balaban J connectivity index is 1.48. The fraction of sp³-hybridized carbons (Fsp3) is 0.269. The zero-order chi connectivity index (χ0) is 26.8. The van der Waals surface area contributed by atoms with Crippen LogP contribution in [0, 0.1) is 0 Å². The van der Waals surface area contributed by atoms with Crippen molar-refractivity contribution in [1.82, 2.24) is 19.5 Å². The van der Waals surface area contributed by atoms with Gasteiger partial charge in [-0.2, -0.15) is 0 Å². The lowest BCUT2D eigenvalue weighted by Crippen LogP contribution is -2.42. The number of amides is 2. The predicted molar refractivity (Wildman–Crippen MR) is 144 cm³/mol. The summed E-state index contributed by atoms with van der Waals surface area (Å²) in [6.07, 6.45) is 5.49. The van der Waals surface area contributed by atoms with Crippen LogP contribution in [0.2, 0.25) is 10.0 Å². The van der Waals surface area contributed by atoms with E-state index < -0.39 is 11.9 Å². The van der Waals surface area contributed by atoms with Gasteiger partial charge in [-0.1, -0.05) is 29.3 Å². The first-order valence-corrected chi connectivity index (χ1v) is 12.7. The number of allylic oxidation sites excluding steroid dienone is 1. The molecule has 1 unspecified atom stereocenters. The molecule has 198 valence electrons. The standard InChI is InChI=1S/C26H26Cl2N6O4/c1-37-22-13-16(26(36)32-9-11-38-12-10-32)5-6-21(22)31-34-15-17(14-18-19(27)3-2-4-20(18)28)33-8-7-30-25(33)23(34)24(29)35/h2-8,13,15,23,31H,9-12,14H2,1H3,(H2,29,35). The Labute approximate surface area is 229 Å². The molecule has 0 radical (unpaired) electrons. The molecule has 0 bridgehead atoms. The van der Waals surface area contributed by atoms with Gasteiger partial charge in [0, 0.05) is 59.4 Å². The lowest BCUT2D eigenvalue weighted by atomic mass is 10.1. The van der Waals surface area contributed by atoms with E-state index in [2.05, 4.69) is 10.4 Å². The predicted octanol–water partition coefficient (Wildman–Crippen LogP) is 3.58. The monoisotopic (exact) mass is 556 g/mol. The van der Waals surface area contributed by atoms with Gasteiger partial charge in [0.1, 0.15) is 11.6 Å². The smallest absolute Gasteiger partial charge is 0.254 e. The summed E-state index contributed by atoms with van der Waals surface area (Å²) in [6.45, 7) is 2.08. The van der Waals surface area contributed by atoms with Gasteiger partial charge in [-0.05, 0) is 35.9 Å². The lowest BCUT2D eigenvalue weighted by molar-refractivity contribution is -0.122. The number of rotatable bonds is 7. The number of nitrogens with two attached hydrogens (primary N) is 1. The van der Waals surface area contributed by atoms with Gasteiger partial charge in [0.05, 0.1) is 26.0 Å². The molecule has 1 saturated heterocycles. The fourth-order valence-electron chi connectivity index (χ4n) is 4.56. The maximum atomic E-state index is 13.0. The van der Waals surface area contributed by atoms with Crippen LogP contribution in [0.1, 0.15) is 27.8 Å². The van der Waals surface area contributed by atoms with Crippen molar-refractivity contribution < 1.29 is 19.1 Å². The molecule has 3 N–H and O–H groups in total. The van der Waals surface area contributed by atoms with E-state index >= 15 is 0 Å². The Hall–Kier alpha value is -3.73. The molecule has 2 aromatic carbocycles. The number of hydrogen-bond donors (Lipinski definition) is 2. The second-order valence-corrected chi connectivity index (χ2v) is 9.61. The molecule has 3 heterocycles. The van der Waals surface area contributed by atoms with Crippen LogP contribution in [0.25, 0.3) is 5.70 Å². The molecule has 38 heavy (non-hydrogen) atoms. The molecular weight excluding hydrogens is 531 g/mol. The van der Waals surface area contributed by atoms with Gasteiger partial charge in [-0.25, -0.2) is 4.98 Å². The highest BCUT2D eigenvalue weighted by molar-refractivity contribution is 6.36. The molecule has 3 aromatic rings. The number of halogens is 2. The van der Waals surface area contributed by atoms with E-state index in [0.29, 0.717) is 65.6 Å². The number of nitrogens with one attached hydrogen (secondary N) is 1. The maximum absolute atomic E-state index is 13.0. The van der Waals surface area contributed by atoms with Crippen molar-refractivity contribution in [3.05, 3.63) is 82.0 Å². The molecule has 2 aliphatic heterocycles. The zero-order valence-electron chi connectivity index (χ0n) is 20.6. The molecule has 10 nitrogen and oxygen atoms in total. The second kappa shape index (κ2) is 10.9. The number of carbonyl (C=O) groups is 2. The number of benzene rings is 2. The number of carbonyl (C=O) groups excluding carboxylic acids is 2. The number of fused-ring (bicyclic) bond motifs is 1. The summed E-state index contributed by atoms with van der Waals surface area (Å²) in [5.41, 5.74) is 11.5. The Morgan fingerprint density at radius 2 is 1.92 bits per heavy atom. The van der Waals surface area contributed by atoms with Gasteiger partial charge < -0.3 is 24.7 Å². The molecule has 0 saturated carbocycles. The zero-order valence-corrected chi connectivity index (χ0v) is 22.1. The first-order valence-electron chi connectivity index (χ1n) is 11.9. The third kappa shape index (κ3) is 5.02. The number of ether oxygens (including phenoxy) is 2. The number of morpholine rings is 1. The molecule has 5 rings (SSSR count). The third-order valence-electron chi connectivity index (χ3n) is 6.48. The first kappa shape index (κ1) is 25.9. The highest BCUT2D eigenvalue weighted by Crippen LogP contribution is 2.35. The van der Waals surface area contributed by atoms with Crippen molar-refractivity contribution in [2.45, 2.75) is 12.5 Å². The minimum atomic E-state index is -0.921. The minimum Gasteiger partial charge on any atom is -0.494 e. The number of anilines is 1. The van der Waals surface area contributed by atoms with Gasteiger partial charge in [-0.15, -0.1) is 0 Å². The van der Waals surface area contributed by atoms with E-state index in [1.807, 2.05) is 0 Å². The number of hydrazine groups is 1. The quantitative estimate of drug-likeness (QED) is 0.457. The van der Waals surface area contributed by atoms with Gasteiger partial charge in [-0.3, -0.25) is 20.0 Å². The Bertz CT molecular complexity index is 1380. The lowest BCUT2D eigenvalue weighted by Gasteiger charge is -2.35. The number of nitrogens with zero attached hydrogens (tertiary/aromatic N) is 4. The minimum absolute atomic E-state index is 0.105. The normalized spacial score (nSPS) is 17.0. The largest absolute Gasteiger partial charge is 0.494 e. The molecule has 1 aromatic heterocycles. The Kier molecular flexibility index (Phi) is 7.46. The van der Waals surface area contributed by atoms with E-state index in [1.165, 1.54) is 7.11 Å². The van der Waals surface area contributed by atoms with Crippen LogP contribution in [0.5, 0.6) is 5.75 Å². The molecular formula is C26H26Cl2N6O4. The molecule has 2 aliphatic rings. The van der Waals surface area contributed by atoms with E-state index in [9.17, 15) is 9.59 Å². The molecule has 2 amide bonds. The van der Waals surface area contributed by atoms with Crippen molar-refractivity contribution in [2.75, 3.05) is 38.8 Å². The molecule has 1 atom stereocenters. The molecule has 0 spiro atoms. The van der Waals surface area contributed by atoms with Crippen LogP contribution in [-0.2, 0) is 16.0 Å². The van der Waals surface area contributed by atoms with Gasteiger partial charge in [0.2, 0.25) is 5.91 Å². The second-order valence-electron chi connectivity index (χ2n) is 8.80. The Morgan fingerprint density at radius 1 is 1.18 bits per heavy atom. The van der Waals surface area contributed by atoms with Crippen molar-refractivity contribution in [3.8, 4) is 5.75 Å². The first-order chi connectivity index (χ1) is 18.4. The number of methoxy groups -OCH3 is 1. The van der Waals surface area contributed by atoms with E-state index in [4.69, 9.17) is 38.4 Å². The number of hydrogen-bond acceptors (Lipinski definition) is 7. The summed E-state index contributed by atoms with van der Waals surface area (Å²) in [5, 5.41) is 2.63. The summed E-state index contributed by atoms with van der Waals surface area (Å²) in [6, 6.07) is 9.50. The van der Waals surface area contributed by atoms with Gasteiger partial charge in [0.25, 0.3) is 5.91 Å². The summed E-state index contributed by atoms with van der Waals surface area (Å²) < 4.78 is 12.7. The number of aromatic nitrogens is 2. The van der Waals surface area contributed by atoms with Crippen LogP contribution in [0.15, 0.2) is 55.0 Å². The highest BCUT2D eigenvalue weighted by Gasteiger charge is 2.34. The van der Waals surface area contributed by atoms with Gasteiger partial charge >= 0.3 is 0 Å². The average molecular weight is 557 g/mol. The van der Waals surface area contributed by atoms with Crippen LogP contribution in [0.3, 0.4) is 0 Å². The van der Waals surface area contributed by atoms with E-state index in [1.54, 1.807) is 69.5 Å². The number of primary amides is 1. The summed E-state index contributed by atoms with van der Waals surface area (Å²) in [7, 11) is 1.51. The highest BCUT2D eigenvalue weighted by atomic mass is 35.5. The third-order valence-corrected chi connectivity index (χ3v) is 7.18. The van der Waals surface area contributed by atoms with E-state index in [0.717, 1.165) is 11.3 Å². The summed E-state index contributed by atoms with van der Waals surface area (Å²) in [4.78, 5) is 31.7. The van der Waals surface area contributed by atoms with Crippen LogP contribution in [0.4, 0.5) is 5.69 Å². The maximum Gasteiger partial charge on any atom is 0.254 e. The SMILES string of the molecule is COc1cc(C(=O)N2CCOCC2)ccc1NN1C=C(Cc2c(Cl)cccc2Cl)n2ccnc2C1C(N)=O. The average Bonchev–Trinajstić information content (AvgIpc) is 3.40. The summed E-state index contributed by atoms with van der Waals surface area (Å²) in [5.74, 6) is 0.148. The topological polar surface area (TPSA) is 115 Å². The van der Waals surface area contributed by atoms with Crippen LogP contribution < -0.4 is 15.9 Å². The van der Waals surface area contributed by atoms with Crippen LogP contribution in [-0.4, -0.2) is 64.7 Å². The van der Waals surface area contributed by atoms with E-state index in [-0.39, 0.29) is 5.91 Å². The van der Waals surface area contributed by atoms with Crippen molar-refractivity contribution >= 4 is 46.4 Å². The van der Waals surface area contributed by atoms with Crippen molar-refractivity contribution in [1.29, 1.82) is 0 Å². The fourth-order valence-corrected chi connectivity index (χ4v) is 5.09. The summed E-state index contributed by atoms with van der Waals surface area (Å²) >= 11 is 12.9. The number of imidazole rings is 1. The molecule has 1 fully saturated rings. The molecule has 12 heteroatoms.